The highest BCUT2D eigenvalue weighted by Gasteiger charge is 2.10. The predicted molar refractivity (Wildman–Crippen MR) is 79.3 cm³/mol. The second-order valence-electron chi connectivity index (χ2n) is 4.32. The first kappa shape index (κ1) is 12.7. The monoisotopic (exact) mass is 263 g/mol. The quantitative estimate of drug-likeness (QED) is 0.819. The van der Waals surface area contributed by atoms with Gasteiger partial charge in [0.15, 0.2) is 0 Å². The smallest absolute Gasteiger partial charge is 0.124 e. The highest BCUT2D eigenvalue weighted by Crippen LogP contribution is 2.31. The Morgan fingerprint density at radius 3 is 2.71 bits per heavy atom. The van der Waals surface area contributed by atoms with Crippen molar-refractivity contribution in [1.29, 1.82) is 0 Å². The minimum atomic E-state index is 0.884. The van der Waals surface area contributed by atoms with Crippen molar-refractivity contribution in [1.82, 2.24) is 4.98 Å². The van der Waals surface area contributed by atoms with Gasteiger partial charge >= 0.3 is 0 Å². The van der Waals surface area contributed by atoms with Crippen molar-refractivity contribution in [2.75, 3.05) is 5.75 Å². The van der Waals surface area contributed by atoms with Gasteiger partial charge in [-0.25, -0.2) is 4.98 Å². The lowest BCUT2D eigenvalue weighted by Gasteiger charge is -2.03. The molecule has 2 rings (SSSR count). The van der Waals surface area contributed by atoms with E-state index in [-0.39, 0.29) is 0 Å². The summed E-state index contributed by atoms with van der Waals surface area (Å²) in [5.41, 5.74) is 5.00. The molecule has 0 aliphatic carbocycles. The number of thiol groups is 1. The molecule has 1 aromatic heterocycles. The molecule has 1 heterocycles. The van der Waals surface area contributed by atoms with Gasteiger partial charge in [0.1, 0.15) is 5.01 Å². The van der Waals surface area contributed by atoms with Gasteiger partial charge in [0.05, 0.1) is 5.69 Å². The molecule has 1 nitrogen and oxygen atoms in total. The SMILES string of the molecule is Cc1ccc(C)c(-c2nc(C)c(CCS)s2)c1. The molecule has 3 heteroatoms. The van der Waals surface area contributed by atoms with E-state index in [1.807, 2.05) is 0 Å². The summed E-state index contributed by atoms with van der Waals surface area (Å²) in [6, 6.07) is 6.53. The fraction of sp³-hybridized carbons (Fsp3) is 0.357. The second kappa shape index (κ2) is 5.23. The summed E-state index contributed by atoms with van der Waals surface area (Å²) in [5.74, 6) is 0.884. The molecule has 0 bridgehead atoms. The van der Waals surface area contributed by atoms with Gasteiger partial charge in [0.2, 0.25) is 0 Å². The summed E-state index contributed by atoms with van der Waals surface area (Å²) >= 11 is 6.09. The standard InChI is InChI=1S/C14H17NS2/c1-9-4-5-10(2)12(8-9)14-15-11(3)13(17-14)6-7-16/h4-5,8,16H,6-7H2,1-3H3. The van der Waals surface area contributed by atoms with Crippen LogP contribution >= 0.6 is 24.0 Å². The lowest BCUT2D eigenvalue weighted by molar-refractivity contribution is 1.13. The van der Waals surface area contributed by atoms with Crippen LogP contribution in [0.15, 0.2) is 18.2 Å². The van der Waals surface area contributed by atoms with Crippen molar-refractivity contribution < 1.29 is 0 Å². The number of rotatable bonds is 3. The van der Waals surface area contributed by atoms with E-state index in [1.54, 1.807) is 11.3 Å². The van der Waals surface area contributed by atoms with E-state index in [0.29, 0.717) is 0 Å². The first-order valence-corrected chi connectivity index (χ1v) is 7.21. The third-order valence-electron chi connectivity index (χ3n) is 2.86. The van der Waals surface area contributed by atoms with Crippen molar-refractivity contribution in [3.8, 4) is 10.6 Å². The zero-order valence-corrected chi connectivity index (χ0v) is 12.2. The van der Waals surface area contributed by atoms with Gasteiger partial charge in [-0.3, -0.25) is 0 Å². The maximum Gasteiger partial charge on any atom is 0.124 e. The van der Waals surface area contributed by atoms with Crippen LogP contribution in [0.4, 0.5) is 0 Å². The van der Waals surface area contributed by atoms with Crippen molar-refractivity contribution in [3.05, 3.63) is 39.9 Å². The molecule has 1 aromatic carbocycles. The lowest BCUT2D eigenvalue weighted by Crippen LogP contribution is -1.85. The number of nitrogens with zero attached hydrogens (tertiary/aromatic N) is 1. The van der Waals surface area contributed by atoms with E-state index in [1.165, 1.54) is 21.6 Å². The topological polar surface area (TPSA) is 12.9 Å². The van der Waals surface area contributed by atoms with Crippen LogP contribution in [0.2, 0.25) is 0 Å². The zero-order chi connectivity index (χ0) is 12.4. The summed E-state index contributed by atoms with van der Waals surface area (Å²) in [5, 5.41) is 1.14. The molecule has 0 atom stereocenters. The maximum absolute atomic E-state index is 4.69. The number of aryl methyl sites for hydroxylation is 4. The molecular formula is C14H17NS2. The molecule has 0 N–H and O–H groups in total. The summed E-state index contributed by atoms with van der Waals surface area (Å²) < 4.78 is 0. The van der Waals surface area contributed by atoms with Crippen molar-refractivity contribution >= 4 is 24.0 Å². The summed E-state index contributed by atoms with van der Waals surface area (Å²) in [6.07, 6.45) is 1.01. The minimum absolute atomic E-state index is 0.884. The van der Waals surface area contributed by atoms with Gasteiger partial charge in [0, 0.05) is 10.4 Å². The third kappa shape index (κ3) is 2.72. The molecule has 0 unspecified atom stereocenters. The predicted octanol–water partition coefficient (Wildman–Crippen LogP) is 4.21. The Bertz CT molecular complexity index is 529. The molecule has 0 amide bonds. The summed E-state index contributed by atoms with van der Waals surface area (Å²) in [4.78, 5) is 6.04. The Morgan fingerprint density at radius 1 is 1.24 bits per heavy atom. The fourth-order valence-electron chi connectivity index (χ4n) is 1.84. The molecule has 17 heavy (non-hydrogen) atoms. The van der Waals surface area contributed by atoms with E-state index in [9.17, 15) is 0 Å². The number of aromatic nitrogens is 1. The van der Waals surface area contributed by atoms with E-state index in [2.05, 4.69) is 56.6 Å². The average molecular weight is 263 g/mol. The zero-order valence-electron chi connectivity index (χ0n) is 10.4. The fourth-order valence-corrected chi connectivity index (χ4v) is 3.36. The number of thiazole rings is 1. The highest BCUT2D eigenvalue weighted by molar-refractivity contribution is 7.80. The Kier molecular flexibility index (Phi) is 3.89. The van der Waals surface area contributed by atoms with Crippen LogP contribution in [-0.4, -0.2) is 10.7 Å². The molecule has 0 radical (unpaired) electrons. The van der Waals surface area contributed by atoms with Gasteiger partial charge in [-0.05, 0) is 44.6 Å². The normalized spacial score (nSPS) is 10.8. The number of hydrogen-bond acceptors (Lipinski definition) is 3. The van der Waals surface area contributed by atoms with Crippen LogP contribution < -0.4 is 0 Å². The van der Waals surface area contributed by atoms with Crippen LogP contribution in [0, 0.1) is 20.8 Å². The van der Waals surface area contributed by atoms with Crippen molar-refractivity contribution in [2.45, 2.75) is 27.2 Å². The molecule has 90 valence electrons. The van der Waals surface area contributed by atoms with Gasteiger partial charge < -0.3 is 0 Å². The molecule has 2 aromatic rings. The molecule has 0 aliphatic rings. The number of hydrogen-bond donors (Lipinski definition) is 1. The largest absolute Gasteiger partial charge is 0.241 e. The Balaban J connectivity index is 2.45. The highest BCUT2D eigenvalue weighted by atomic mass is 32.1. The first-order valence-electron chi connectivity index (χ1n) is 5.76. The molecule has 0 spiro atoms. The van der Waals surface area contributed by atoms with Crippen molar-refractivity contribution in [2.24, 2.45) is 0 Å². The third-order valence-corrected chi connectivity index (χ3v) is 4.33. The van der Waals surface area contributed by atoms with Crippen LogP contribution in [0.1, 0.15) is 21.7 Å². The van der Waals surface area contributed by atoms with Gasteiger partial charge in [-0.1, -0.05) is 17.7 Å². The van der Waals surface area contributed by atoms with Crippen LogP contribution in [0.3, 0.4) is 0 Å². The van der Waals surface area contributed by atoms with Gasteiger partial charge in [-0.2, -0.15) is 12.6 Å². The molecular weight excluding hydrogens is 246 g/mol. The molecule has 0 saturated carbocycles. The molecule has 0 fully saturated rings. The Hall–Kier alpha value is -0.800. The lowest BCUT2D eigenvalue weighted by atomic mass is 10.1. The van der Waals surface area contributed by atoms with Crippen LogP contribution in [0.25, 0.3) is 10.6 Å². The van der Waals surface area contributed by atoms with E-state index < -0.39 is 0 Å². The van der Waals surface area contributed by atoms with Gasteiger partial charge in [0.25, 0.3) is 0 Å². The van der Waals surface area contributed by atoms with Gasteiger partial charge in [-0.15, -0.1) is 11.3 Å². The maximum atomic E-state index is 4.69. The van der Waals surface area contributed by atoms with Crippen LogP contribution in [0.5, 0.6) is 0 Å². The Labute approximate surface area is 112 Å². The Morgan fingerprint density at radius 2 is 2.00 bits per heavy atom. The average Bonchev–Trinajstić information content (AvgIpc) is 2.64. The minimum Gasteiger partial charge on any atom is -0.241 e. The van der Waals surface area contributed by atoms with Crippen molar-refractivity contribution in [3.63, 3.8) is 0 Å². The first-order chi connectivity index (χ1) is 8.11. The van der Waals surface area contributed by atoms with Crippen LogP contribution in [-0.2, 0) is 6.42 Å². The second-order valence-corrected chi connectivity index (χ2v) is 5.85. The molecule has 0 saturated heterocycles. The summed E-state index contributed by atoms with van der Waals surface area (Å²) in [6.45, 7) is 6.35. The molecule has 0 aliphatic heterocycles. The summed E-state index contributed by atoms with van der Waals surface area (Å²) in [7, 11) is 0. The van der Waals surface area contributed by atoms with E-state index >= 15 is 0 Å². The van der Waals surface area contributed by atoms with E-state index in [4.69, 9.17) is 0 Å². The van der Waals surface area contributed by atoms with E-state index in [0.717, 1.165) is 22.9 Å². The number of benzene rings is 1.